The number of anilines is 2. The van der Waals surface area contributed by atoms with Gasteiger partial charge >= 0.3 is 0 Å². The molecule has 1 aromatic carbocycles. The molecule has 1 aromatic heterocycles. The van der Waals surface area contributed by atoms with Crippen LogP contribution in [0.5, 0.6) is 0 Å². The Morgan fingerprint density at radius 1 is 1.12 bits per heavy atom. The van der Waals surface area contributed by atoms with Gasteiger partial charge < -0.3 is 5.32 Å². The molecule has 4 nitrogen and oxygen atoms in total. The molecule has 0 spiro atoms. The Hall–Kier alpha value is -1.97. The number of aromatic amines is 2. The lowest BCUT2D eigenvalue weighted by Gasteiger charge is -2.07. The second-order valence-corrected chi connectivity index (χ2v) is 4.07. The van der Waals surface area contributed by atoms with Gasteiger partial charge in [-0.3, -0.25) is 15.0 Å². The standard InChI is InChI=1S/C12H15N3O/c1-8(2)9-3-5-10(6-4-9)13-11-7-12(16)15-14-11/h3-8H,1-2H3,(H3,13,14,15,16). The van der Waals surface area contributed by atoms with Gasteiger partial charge in [-0.25, -0.2) is 0 Å². The summed E-state index contributed by atoms with van der Waals surface area (Å²) in [4.78, 5) is 10.9. The number of nitrogens with one attached hydrogen (secondary N) is 3. The quantitative estimate of drug-likeness (QED) is 0.740. The minimum absolute atomic E-state index is 0.138. The van der Waals surface area contributed by atoms with Gasteiger partial charge in [0.25, 0.3) is 5.56 Å². The van der Waals surface area contributed by atoms with Gasteiger partial charge in [0.1, 0.15) is 5.82 Å². The van der Waals surface area contributed by atoms with Crippen molar-refractivity contribution in [1.82, 2.24) is 10.2 Å². The third kappa shape index (κ3) is 2.34. The largest absolute Gasteiger partial charge is 0.341 e. The lowest BCUT2D eigenvalue weighted by Crippen LogP contribution is -1.94. The SMILES string of the molecule is CC(C)c1ccc(Nc2cc(=O)[nH][nH]2)cc1. The average molecular weight is 217 g/mol. The van der Waals surface area contributed by atoms with Gasteiger partial charge in [-0.15, -0.1) is 0 Å². The Labute approximate surface area is 93.7 Å². The predicted octanol–water partition coefficient (Wildman–Crippen LogP) is 2.57. The molecule has 0 saturated carbocycles. The summed E-state index contributed by atoms with van der Waals surface area (Å²) in [6.07, 6.45) is 0. The van der Waals surface area contributed by atoms with E-state index in [9.17, 15) is 4.79 Å². The maximum absolute atomic E-state index is 10.9. The number of hydrogen-bond acceptors (Lipinski definition) is 2. The van der Waals surface area contributed by atoms with E-state index in [-0.39, 0.29) is 5.56 Å². The predicted molar refractivity (Wildman–Crippen MR) is 65.2 cm³/mol. The minimum atomic E-state index is -0.138. The summed E-state index contributed by atoms with van der Waals surface area (Å²) in [5.41, 5.74) is 2.12. The van der Waals surface area contributed by atoms with Crippen LogP contribution < -0.4 is 10.9 Å². The summed E-state index contributed by atoms with van der Waals surface area (Å²) in [5, 5.41) is 8.32. The van der Waals surface area contributed by atoms with Crippen molar-refractivity contribution < 1.29 is 0 Å². The maximum Gasteiger partial charge on any atom is 0.266 e. The van der Waals surface area contributed by atoms with Crippen molar-refractivity contribution in [3.05, 3.63) is 46.2 Å². The molecule has 0 amide bonds. The van der Waals surface area contributed by atoms with Crippen LogP contribution in [0.2, 0.25) is 0 Å². The van der Waals surface area contributed by atoms with Gasteiger partial charge in [-0.1, -0.05) is 26.0 Å². The van der Waals surface area contributed by atoms with E-state index in [4.69, 9.17) is 0 Å². The fraction of sp³-hybridized carbons (Fsp3) is 0.250. The monoisotopic (exact) mass is 217 g/mol. The molecule has 0 radical (unpaired) electrons. The zero-order valence-corrected chi connectivity index (χ0v) is 9.37. The summed E-state index contributed by atoms with van der Waals surface area (Å²) < 4.78 is 0. The van der Waals surface area contributed by atoms with E-state index in [1.807, 2.05) is 12.1 Å². The molecule has 1 heterocycles. The van der Waals surface area contributed by atoms with Crippen LogP contribution in [-0.4, -0.2) is 10.2 Å². The smallest absolute Gasteiger partial charge is 0.266 e. The second-order valence-electron chi connectivity index (χ2n) is 4.07. The van der Waals surface area contributed by atoms with Crippen molar-refractivity contribution in [3.8, 4) is 0 Å². The first kappa shape index (κ1) is 10.5. The number of aromatic nitrogens is 2. The normalized spacial score (nSPS) is 10.7. The molecule has 0 bridgehead atoms. The van der Waals surface area contributed by atoms with Crippen LogP contribution in [0.4, 0.5) is 11.5 Å². The Balaban J connectivity index is 2.14. The highest BCUT2D eigenvalue weighted by atomic mass is 16.1. The molecule has 84 valence electrons. The number of hydrogen-bond donors (Lipinski definition) is 3. The van der Waals surface area contributed by atoms with E-state index in [1.54, 1.807) is 0 Å². The van der Waals surface area contributed by atoms with Crippen molar-refractivity contribution in [2.75, 3.05) is 5.32 Å². The average Bonchev–Trinajstić information content (AvgIpc) is 2.65. The molecule has 2 rings (SSSR count). The van der Waals surface area contributed by atoms with Gasteiger partial charge in [-0.2, -0.15) is 0 Å². The first-order valence-corrected chi connectivity index (χ1v) is 5.30. The van der Waals surface area contributed by atoms with E-state index in [0.717, 1.165) is 5.69 Å². The van der Waals surface area contributed by atoms with Crippen molar-refractivity contribution in [2.24, 2.45) is 0 Å². The highest BCUT2D eigenvalue weighted by Crippen LogP contribution is 2.18. The van der Waals surface area contributed by atoms with Crippen LogP contribution in [0.1, 0.15) is 25.3 Å². The number of rotatable bonds is 3. The van der Waals surface area contributed by atoms with Crippen LogP contribution in [0, 0.1) is 0 Å². The van der Waals surface area contributed by atoms with Crippen molar-refractivity contribution in [3.63, 3.8) is 0 Å². The Morgan fingerprint density at radius 3 is 2.31 bits per heavy atom. The summed E-state index contributed by atoms with van der Waals surface area (Å²) in [7, 11) is 0. The molecule has 0 saturated heterocycles. The molecule has 0 fully saturated rings. The molecular weight excluding hydrogens is 202 g/mol. The highest BCUT2D eigenvalue weighted by Gasteiger charge is 2.00. The summed E-state index contributed by atoms with van der Waals surface area (Å²) in [5.74, 6) is 1.20. The summed E-state index contributed by atoms with van der Waals surface area (Å²) in [6.45, 7) is 4.32. The molecule has 16 heavy (non-hydrogen) atoms. The Kier molecular flexibility index (Phi) is 2.81. The highest BCUT2D eigenvalue weighted by molar-refractivity contribution is 5.55. The van der Waals surface area contributed by atoms with E-state index >= 15 is 0 Å². The zero-order valence-electron chi connectivity index (χ0n) is 9.37. The van der Waals surface area contributed by atoms with E-state index in [2.05, 4.69) is 41.5 Å². The molecule has 0 unspecified atom stereocenters. The van der Waals surface area contributed by atoms with Crippen LogP contribution >= 0.6 is 0 Å². The third-order valence-electron chi connectivity index (χ3n) is 2.45. The lowest BCUT2D eigenvalue weighted by atomic mass is 10.0. The third-order valence-corrected chi connectivity index (χ3v) is 2.45. The fourth-order valence-corrected chi connectivity index (χ4v) is 1.51. The lowest BCUT2D eigenvalue weighted by molar-refractivity contribution is 0.867. The Morgan fingerprint density at radius 2 is 1.81 bits per heavy atom. The van der Waals surface area contributed by atoms with E-state index < -0.39 is 0 Å². The molecule has 0 aliphatic heterocycles. The van der Waals surface area contributed by atoms with Gasteiger partial charge in [-0.05, 0) is 23.6 Å². The summed E-state index contributed by atoms with van der Waals surface area (Å²) in [6, 6.07) is 9.65. The van der Waals surface area contributed by atoms with Gasteiger partial charge in [0.05, 0.1) is 0 Å². The first-order chi connectivity index (χ1) is 7.65. The van der Waals surface area contributed by atoms with Crippen molar-refractivity contribution >= 4 is 11.5 Å². The number of H-pyrrole nitrogens is 2. The topological polar surface area (TPSA) is 60.7 Å². The van der Waals surface area contributed by atoms with Gasteiger partial charge in [0, 0.05) is 11.8 Å². The van der Waals surface area contributed by atoms with E-state index in [1.165, 1.54) is 11.6 Å². The van der Waals surface area contributed by atoms with E-state index in [0.29, 0.717) is 11.7 Å². The molecule has 3 N–H and O–H groups in total. The maximum atomic E-state index is 10.9. The minimum Gasteiger partial charge on any atom is -0.341 e. The Bertz CT molecular complexity index is 508. The van der Waals surface area contributed by atoms with Gasteiger partial charge in [0.15, 0.2) is 0 Å². The second kappa shape index (κ2) is 4.26. The summed E-state index contributed by atoms with van der Waals surface area (Å²) >= 11 is 0. The molecule has 0 aliphatic carbocycles. The zero-order chi connectivity index (χ0) is 11.5. The van der Waals surface area contributed by atoms with Crippen LogP contribution in [0.3, 0.4) is 0 Å². The molecule has 0 atom stereocenters. The molecule has 4 heteroatoms. The number of benzene rings is 1. The van der Waals surface area contributed by atoms with Crippen molar-refractivity contribution in [1.29, 1.82) is 0 Å². The van der Waals surface area contributed by atoms with Crippen molar-refractivity contribution in [2.45, 2.75) is 19.8 Å². The van der Waals surface area contributed by atoms with Crippen LogP contribution in [0.15, 0.2) is 35.1 Å². The van der Waals surface area contributed by atoms with Gasteiger partial charge in [0.2, 0.25) is 0 Å². The molecule has 2 aromatic rings. The fourth-order valence-electron chi connectivity index (χ4n) is 1.51. The molecular formula is C12H15N3O. The van der Waals surface area contributed by atoms with Crippen LogP contribution in [0.25, 0.3) is 0 Å². The first-order valence-electron chi connectivity index (χ1n) is 5.30. The van der Waals surface area contributed by atoms with Crippen LogP contribution in [-0.2, 0) is 0 Å². The molecule has 0 aliphatic rings.